The first-order chi connectivity index (χ1) is 13.2. The summed E-state index contributed by atoms with van der Waals surface area (Å²) in [6.45, 7) is 4.28. The molecule has 0 radical (unpaired) electrons. The van der Waals surface area contributed by atoms with Crippen LogP contribution in [0, 0.1) is 0 Å². The Morgan fingerprint density at radius 3 is 2.57 bits per heavy atom. The number of carbonyl (C=O) groups is 1. The van der Waals surface area contributed by atoms with Gasteiger partial charge in [-0.05, 0) is 44.0 Å². The second kappa shape index (κ2) is 9.03. The Hall–Kier alpha value is -3.36. The maximum absolute atomic E-state index is 12.6. The lowest BCUT2D eigenvalue weighted by atomic mass is 10.1. The third kappa shape index (κ3) is 5.57. The van der Waals surface area contributed by atoms with Crippen molar-refractivity contribution in [2.75, 3.05) is 7.11 Å². The molecule has 0 fully saturated rings. The van der Waals surface area contributed by atoms with E-state index in [1.54, 1.807) is 25.3 Å². The number of benzene rings is 1. The Morgan fingerprint density at radius 1 is 1.32 bits per heavy atom. The van der Waals surface area contributed by atoms with Gasteiger partial charge in [-0.15, -0.1) is 0 Å². The number of halogens is 3. The number of aliphatic imine (C=N–C) groups is 1. The smallest absolute Gasteiger partial charge is 0.433 e. The van der Waals surface area contributed by atoms with Crippen LogP contribution in [0.1, 0.15) is 12.7 Å². The van der Waals surface area contributed by atoms with Gasteiger partial charge in [0.25, 0.3) is 0 Å². The predicted octanol–water partition coefficient (Wildman–Crippen LogP) is 4.06. The third-order valence-electron chi connectivity index (χ3n) is 3.68. The average molecular weight is 393 g/mol. The molecule has 0 saturated carbocycles. The zero-order valence-corrected chi connectivity index (χ0v) is 15.2. The highest BCUT2D eigenvalue weighted by Crippen LogP contribution is 2.26. The molecule has 0 aliphatic heterocycles. The number of rotatable bonds is 7. The number of nitrogens with one attached hydrogen (secondary N) is 1. The van der Waals surface area contributed by atoms with Crippen molar-refractivity contribution in [2.45, 2.75) is 19.6 Å². The Balaban J connectivity index is 1.99. The standard InChI is InChI=1S/C19H18F3N3O3/c1-12(4-9-17(23-2)19(20,21)22)18(26)24-11-15-10-16(25-28-15)13-5-7-14(27-3)8-6-13/h4-10H,2,11H2,1,3H3,(H,24,26)/b12-4+,17-9-. The van der Waals surface area contributed by atoms with Crippen molar-refractivity contribution < 1.29 is 27.2 Å². The molecule has 0 spiro atoms. The number of allylic oxidation sites excluding steroid dienone is 3. The summed E-state index contributed by atoms with van der Waals surface area (Å²) in [5.74, 6) is 0.548. The van der Waals surface area contributed by atoms with Crippen LogP contribution in [0.2, 0.25) is 0 Å². The van der Waals surface area contributed by atoms with E-state index in [-0.39, 0.29) is 12.1 Å². The van der Waals surface area contributed by atoms with Gasteiger partial charge in [0.15, 0.2) is 5.76 Å². The molecule has 0 aliphatic rings. The maximum atomic E-state index is 12.6. The lowest BCUT2D eigenvalue weighted by Gasteiger charge is -2.05. The first-order valence-electron chi connectivity index (χ1n) is 8.05. The molecule has 1 heterocycles. The van der Waals surface area contributed by atoms with E-state index in [2.05, 4.69) is 22.2 Å². The lowest BCUT2D eigenvalue weighted by molar-refractivity contribution is -0.117. The highest BCUT2D eigenvalue weighted by molar-refractivity contribution is 5.93. The number of amides is 1. The van der Waals surface area contributed by atoms with Crippen molar-refractivity contribution in [3.8, 4) is 17.0 Å². The largest absolute Gasteiger partial charge is 0.497 e. The SMILES string of the molecule is C=N/C(=C\C=C(/C)C(=O)NCc1cc(-c2ccc(OC)cc2)no1)C(F)(F)F. The van der Waals surface area contributed by atoms with Gasteiger partial charge in [-0.2, -0.15) is 13.2 Å². The molecule has 1 aromatic heterocycles. The first-order valence-corrected chi connectivity index (χ1v) is 8.05. The van der Waals surface area contributed by atoms with Gasteiger partial charge in [0.05, 0.1) is 13.7 Å². The highest BCUT2D eigenvalue weighted by atomic mass is 19.4. The molecule has 9 heteroatoms. The molecule has 1 N–H and O–H groups in total. The van der Waals surface area contributed by atoms with Gasteiger partial charge in [0.1, 0.15) is 17.1 Å². The first kappa shape index (κ1) is 20.9. The molecular formula is C19H18F3N3O3. The van der Waals surface area contributed by atoms with Gasteiger partial charge in [-0.3, -0.25) is 9.79 Å². The second-order valence-corrected chi connectivity index (χ2v) is 5.65. The van der Waals surface area contributed by atoms with Crippen LogP contribution in [0.3, 0.4) is 0 Å². The fourth-order valence-electron chi connectivity index (χ4n) is 2.12. The Labute approximate surface area is 159 Å². The third-order valence-corrected chi connectivity index (χ3v) is 3.68. The Kier molecular flexibility index (Phi) is 6.75. The van der Waals surface area contributed by atoms with Crippen molar-refractivity contribution in [1.29, 1.82) is 0 Å². The van der Waals surface area contributed by atoms with E-state index in [9.17, 15) is 18.0 Å². The molecule has 148 valence electrons. The second-order valence-electron chi connectivity index (χ2n) is 5.65. The van der Waals surface area contributed by atoms with E-state index in [1.807, 2.05) is 12.1 Å². The van der Waals surface area contributed by atoms with Gasteiger partial charge in [-0.1, -0.05) is 11.2 Å². The Bertz CT molecular complexity index is 897. The van der Waals surface area contributed by atoms with Crippen LogP contribution in [0.4, 0.5) is 13.2 Å². The summed E-state index contributed by atoms with van der Waals surface area (Å²) in [5, 5.41) is 6.47. The fourth-order valence-corrected chi connectivity index (χ4v) is 2.12. The number of methoxy groups -OCH3 is 1. The number of aromatic nitrogens is 1. The normalized spacial score (nSPS) is 12.6. The fraction of sp³-hybridized carbons (Fsp3) is 0.211. The van der Waals surface area contributed by atoms with Crippen LogP contribution in [0.5, 0.6) is 5.75 Å². The summed E-state index contributed by atoms with van der Waals surface area (Å²) in [5.41, 5.74) is 0.272. The van der Waals surface area contributed by atoms with Crippen molar-refractivity contribution >= 4 is 12.6 Å². The number of carbonyl (C=O) groups excluding carboxylic acids is 1. The van der Waals surface area contributed by atoms with E-state index in [0.717, 1.165) is 11.6 Å². The zero-order chi connectivity index (χ0) is 20.7. The Morgan fingerprint density at radius 2 is 2.00 bits per heavy atom. The minimum absolute atomic E-state index is 0.0305. The van der Waals surface area contributed by atoms with E-state index < -0.39 is 17.8 Å². The minimum Gasteiger partial charge on any atom is -0.497 e. The molecule has 0 aliphatic carbocycles. The number of hydrogen-bond donors (Lipinski definition) is 1. The van der Waals surface area contributed by atoms with E-state index in [0.29, 0.717) is 23.3 Å². The number of hydrogen-bond acceptors (Lipinski definition) is 5. The van der Waals surface area contributed by atoms with Crippen LogP contribution in [0.25, 0.3) is 11.3 Å². The maximum Gasteiger partial charge on any atom is 0.433 e. The van der Waals surface area contributed by atoms with Crippen LogP contribution in [-0.4, -0.2) is 31.1 Å². The zero-order valence-electron chi connectivity index (χ0n) is 15.2. The molecule has 2 rings (SSSR count). The molecule has 0 atom stereocenters. The van der Waals surface area contributed by atoms with Crippen molar-refractivity contribution in [2.24, 2.45) is 4.99 Å². The molecular weight excluding hydrogens is 375 g/mol. The number of nitrogens with zero attached hydrogens (tertiary/aromatic N) is 2. The molecule has 1 amide bonds. The van der Waals surface area contributed by atoms with Crippen molar-refractivity contribution in [1.82, 2.24) is 10.5 Å². The summed E-state index contributed by atoms with van der Waals surface area (Å²) in [7, 11) is 1.57. The van der Waals surface area contributed by atoms with E-state index in [4.69, 9.17) is 9.26 Å². The molecule has 2 aromatic rings. The average Bonchev–Trinajstić information content (AvgIpc) is 3.14. The van der Waals surface area contributed by atoms with Crippen LogP contribution < -0.4 is 10.1 Å². The van der Waals surface area contributed by atoms with Crippen LogP contribution in [-0.2, 0) is 11.3 Å². The number of alkyl halides is 3. The van der Waals surface area contributed by atoms with Gasteiger partial charge in [0, 0.05) is 17.2 Å². The topological polar surface area (TPSA) is 76.7 Å². The van der Waals surface area contributed by atoms with Gasteiger partial charge in [-0.25, -0.2) is 0 Å². The molecule has 1 aromatic carbocycles. The highest BCUT2D eigenvalue weighted by Gasteiger charge is 2.32. The summed E-state index contributed by atoms with van der Waals surface area (Å²) in [6, 6.07) is 8.83. The molecule has 0 bridgehead atoms. The molecule has 6 nitrogen and oxygen atoms in total. The van der Waals surface area contributed by atoms with Gasteiger partial charge < -0.3 is 14.6 Å². The summed E-state index contributed by atoms with van der Waals surface area (Å²) in [4.78, 5) is 14.9. The van der Waals surface area contributed by atoms with Crippen LogP contribution in [0.15, 0.2) is 63.3 Å². The monoisotopic (exact) mass is 393 g/mol. The lowest BCUT2D eigenvalue weighted by Crippen LogP contribution is -2.23. The number of ether oxygens (including phenoxy) is 1. The quantitative estimate of drug-likeness (QED) is 0.437. The summed E-state index contributed by atoms with van der Waals surface area (Å²) in [6.07, 6.45) is -2.92. The molecule has 0 saturated heterocycles. The van der Waals surface area contributed by atoms with E-state index in [1.165, 1.54) is 6.92 Å². The minimum atomic E-state index is -4.63. The van der Waals surface area contributed by atoms with Gasteiger partial charge in [0.2, 0.25) is 5.91 Å². The van der Waals surface area contributed by atoms with Crippen LogP contribution >= 0.6 is 0 Å². The predicted molar refractivity (Wildman–Crippen MR) is 97.8 cm³/mol. The molecule has 0 unspecified atom stereocenters. The summed E-state index contributed by atoms with van der Waals surface area (Å²) >= 11 is 0. The van der Waals surface area contributed by atoms with Crippen molar-refractivity contribution in [3.05, 3.63) is 59.5 Å². The van der Waals surface area contributed by atoms with Crippen molar-refractivity contribution in [3.63, 3.8) is 0 Å². The summed E-state index contributed by atoms with van der Waals surface area (Å²) < 4.78 is 48.0. The molecule has 28 heavy (non-hydrogen) atoms. The van der Waals surface area contributed by atoms with E-state index >= 15 is 0 Å². The van der Waals surface area contributed by atoms with Gasteiger partial charge >= 0.3 is 6.18 Å².